The summed E-state index contributed by atoms with van der Waals surface area (Å²) in [4.78, 5) is 21.5. The number of carbonyl (C=O) groups is 1. The van der Waals surface area contributed by atoms with Gasteiger partial charge in [-0.1, -0.05) is 5.16 Å². The minimum Gasteiger partial charge on any atom is -0.340 e. The Kier molecular flexibility index (Phi) is 5.19. The van der Waals surface area contributed by atoms with Gasteiger partial charge in [0.2, 0.25) is 11.8 Å². The van der Waals surface area contributed by atoms with Crippen molar-refractivity contribution in [1.29, 1.82) is 0 Å². The minimum absolute atomic E-state index is 0.0118. The first kappa shape index (κ1) is 14.6. The van der Waals surface area contributed by atoms with Gasteiger partial charge in [0.25, 0.3) is 0 Å². The van der Waals surface area contributed by atoms with E-state index in [1.54, 1.807) is 11.8 Å². The molecule has 0 radical (unpaired) electrons. The summed E-state index contributed by atoms with van der Waals surface area (Å²) in [5.41, 5.74) is 0.926. The molecule has 0 saturated heterocycles. The molecule has 0 atom stereocenters. The third-order valence-electron chi connectivity index (χ3n) is 2.70. The van der Waals surface area contributed by atoms with Crippen molar-refractivity contribution in [3.63, 3.8) is 0 Å². The van der Waals surface area contributed by atoms with Crippen molar-refractivity contribution < 1.29 is 9.32 Å². The van der Waals surface area contributed by atoms with Crippen LogP contribution in [0.15, 0.2) is 16.2 Å². The van der Waals surface area contributed by atoms with Crippen LogP contribution in [0.4, 0.5) is 5.13 Å². The van der Waals surface area contributed by atoms with Crippen molar-refractivity contribution in [3.8, 4) is 0 Å². The number of hydrogen-bond acceptors (Lipinski definition) is 7. The molecular weight excluding hydrogens is 278 g/mol. The van der Waals surface area contributed by atoms with Crippen molar-refractivity contribution in [1.82, 2.24) is 20.4 Å². The highest BCUT2D eigenvalue weighted by atomic mass is 32.1. The van der Waals surface area contributed by atoms with Gasteiger partial charge < -0.3 is 9.84 Å². The van der Waals surface area contributed by atoms with E-state index in [2.05, 4.69) is 20.4 Å². The van der Waals surface area contributed by atoms with E-state index < -0.39 is 0 Å². The maximum Gasteiger partial charge on any atom is 0.227 e. The van der Waals surface area contributed by atoms with E-state index in [4.69, 9.17) is 4.52 Å². The van der Waals surface area contributed by atoms with E-state index in [1.807, 2.05) is 12.3 Å². The van der Waals surface area contributed by atoms with Gasteiger partial charge in [0.1, 0.15) is 0 Å². The van der Waals surface area contributed by atoms with Crippen LogP contribution in [0, 0.1) is 0 Å². The number of hydrogen-bond donors (Lipinski definition) is 1. The molecule has 108 valence electrons. The molecule has 20 heavy (non-hydrogen) atoms. The third kappa shape index (κ3) is 3.84. The zero-order valence-electron chi connectivity index (χ0n) is 11.5. The number of anilines is 1. The summed E-state index contributed by atoms with van der Waals surface area (Å²) in [6.45, 7) is 5.50. The average Bonchev–Trinajstić information content (AvgIpc) is 3.06. The second-order valence-electron chi connectivity index (χ2n) is 4.15. The lowest BCUT2D eigenvalue weighted by Crippen LogP contribution is -2.27. The van der Waals surface area contributed by atoms with Gasteiger partial charge in [0.05, 0.1) is 5.69 Å². The Morgan fingerprint density at radius 3 is 3.05 bits per heavy atom. The van der Waals surface area contributed by atoms with Crippen LogP contribution in [0.3, 0.4) is 0 Å². The lowest BCUT2D eigenvalue weighted by molar-refractivity contribution is -0.116. The van der Waals surface area contributed by atoms with E-state index >= 15 is 0 Å². The maximum atomic E-state index is 11.4. The molecule has 8 heteroatoms. The summed E-state index contributed by atoms with van der Waals surface area (Å²) in [6.07, 6.45) is 2.08. The van der Waals surface area contributed by atoms with Crippen LogP contribution >= 0.6 is 11.3 Å². The van der Waals surface area contributed by atoms with E-state index in [-0.39, 0.29) is 5.91 Å². The van der Waals surface area contributed by atoms with Crippen molar-refractivity contribution in [3.05, 3.63) is 23.3 Å². The number of amides is 1. The molecule has 1 amide bonds. The molecule has 1 N–H and O–H groups in total. The highest BCUT2D eigenvalue weighted by Gasteiger charge is 2.13. The number of nitrogens with zero attached hydrogens (tertiary/aromatic N) is 4. The highest BCUT2D eigenvalue weighted by molar-refractivity contribution is 7.14. The maximum absolute atomic E-state index is 11.4. The lowest BCUT2D eigenvalue weighted by atomic mass is 10.4. The Bertz CT molecular complexity index is 540. The molecule has 0 bridgehead atoms. The normalized spacial score (nSPS) is 10.7. The van der Waals surface area contributed by atoms with Gasteiger partial charge in [-0.25, -0.2) is 4.98 Å². The summed E-state index contributed by atoms with van der Waals surface area (Å²) in [5.74, 6) is 0.628. The summed E-state index contributed by atoms with van der Waals surface area (Å²) < 4.78 is 4.90. The van der Waals surface area contributed by atoms with Gasteiger partial charge in [-0.3, -0.25) is 9.69 Å². The minimum atomic E-state index is 0.0118. The number of aromatic nitrogens is 3. The average molecular weight is 295 g/mol. The molecule has 0 fully saturated rings. The first-order valence-corrected chi connectivity index (χ1v) is 7.27. The third-order valence-corrected chi connectivity index (χ3v) is 3.61. The standard InChI is InChI=1S/C12H17N5O2S/c1-3-17(9(2)18)12-16-10(7-20-12)6-13-5-4-11-14-8-15-19-11/h7-8,13H,3-6H2,1-2H3. The molecule has 2 aromatic rings. The second kappa shape index (κ2) is 7.11. The zero-order valence-corrected chi connectivity index (χ0v) is 12.3. The van der Waals surface area contributed by atoms with E-state index in [0.29, 0.717) is 25.4 Å². The Morgan fingerprint density at radius 2 is 2.40 bits per heavy atom. The summed E-state index contributed by atoms with van der Waals surface area (Å²) >= 11 is 1.48. The SMILES string of the molecule is CCN(C(C)=O)c1nc(CNCCc2ncno2)cs1. The molecule has 2 aromatic heterocycles. The quantitative estimate of drug-likeness (QED) is 0.773. The van der Waals surface area contributed by atoms with E-state index in [9.17, 15) is 4.79 Å². The van der Waals surface area contributed by atoms with Gasteiger partial charge in [-0.15, -0.1) is 11.3 Å². The van der Waals surface area contributed by atoms with Gasteiger partial charge >= 0.3 is 0 Å². The fraction of sp³-hybridized carbons (Fsp3) is 0.500. The summed E-state index contributed by atoms with van der Waals surface area (Å²) in [6, 6.07) is 0. The molecule has 0 aliphatic heterocycles. The molecule has 0 aliphatic rings. The van der Waals surface area contributed by atoms with Gasteiger partial charge in [-0.2, -0.15) is 4.98 Å². The molecule has 0 unspecified atom stereocenters. The number of rotatable bonds is 7. The highest BCUT2D eigenvalue weighted by Crippen LogP contribution is 2.20. The van der Waals surface area contributed by atoms with Crippen LogP contribution in [0.25, 0.3) is 0 Å². The Hall–Kier alpha value is -1.80. The molecule has 0 saturated carbocycles. The van der Waals surface area contributed by atoms with E-state index in [1.165, 1.54) is 17.7 Å². The first-order valence-electron chi connectivity index (χ1n) is 6.39. The lowest BCUT2D eigenvalue weighted by Gasteiger charge is -2.14. The molecule has 0 aromatic carbocycles. The van der Waals surface area contributed by atoms with Crippen molar-refractivity contribution >= 4 is 22.4 Å². The van der Waals surface area contributed by atoms with Crippen molar-refractivity contribution in [2.75, 3.05) is 18.0 Å². The topological polar surface area (TPSA) is 84.2 Å². The summed E-state index contributed by atoms with van der Waals surface area (Å²) in [7, 11) is 0. The van der Waals surface area contributed by atoms with Crippen LogP contribution in [0.1, 0.15) is 25.4 Å². The molecule has 2 heterocycles. The fourth-order valence-electron chi connectivity index (χ4n) is 1.71. The van der Waals surface area contributed by atoms with Crippen LogP contribution in [0.2, 0.25) is 0 Å². The smallest absolute Gasteiger partial charge is 0.227 e. The molecule has 0 aliphatic carbocycles. The van der Waals surface area contributed by atoms with Crippen molar-refractivity contribution in [2.24, 2.45) is 0 Å². The van der Waals surface area contributed by atoms with Gasteiger partial charge in [0, 0.05) is 38.4 Å². The molecule has 0 spiro atoms. The molecular formula is C12H17N5O2S. The Balaban J connectivity index is 1.79. The number of nitrogens with one attached hydrogen (secondary N) is 1. The largest absolute Gasteiger partial charge is 0.340 e. The number of carbonyl (C=O) groups excluding carboxylic acids is 1. The first-order chi connectivity index (χ1) is 9.70. The van der Waals surface area contributed by atoms with Gasteiger partial charge in [0.15, 0.2) is 11.5 Å². The van der Waals surface area contributed by atoms with Crippen LogP contribution < -0.4 is 10.2 Å². The van der Waals surface area contributed by atoms with E-state index in [0.717, 1.165) is 17.4 Å². The number of thiazole rings is 1. The van der Waals surface area contributed by atoms with Crippen LogP contribution in [0.5, 0.6) is 0 Å². The van der Waals surface area contributed by atoms with Crippen LogP contribution in [-0.2, 0) is 17.8 Å². The molecule has 2 rings (SSSR count). The fourth-order valence-corrected chi connectivity index (χ4v) is 2.64. The molecule has 7 nitrogen and oxygen atoms in total. The zero-order chi connectivity index (χ0) is 14.4. The predicted molar refractivity (Wildman–Crippen MR) is 75.5 cm³/mol. The predicted octanol–water partition coefficient (Wildman–Crippen LogP) is 1.23. The van der Waals surface area contributed by atoms with Crippen LogP contribution in [-0.4, -0.2) is 34.1 Å². The monoisotopic (exact) mass is 295 g/mol. The second-order valence-corrected chi connectivity index (χ2v) is 4.98. The Morgan fingerprint density at radius 1 is 1.55 bits per heavy atom. The van der Waals surface area contributed by atoms with Crippen molar-refractivity contribution in [2.45, 2.75) is 26.8 Å². The Labute approximate surface area is 121 Å². The van der Waals surface area contributed by atoms with Gasteiger partial charge in [-0.05, 0) is 6.92 Å². The summed E-state index contributed by atoms with van der Waals surface area (Å²) in [5, 5.41) is 9.50.